The predicted octanol–water partition coefficient (Wildman–Crippen LogP) is 3.89. The SMILES string of the molecule is O=C(c1cc(-c2cccs2)nn1-c1ccccc1)N1CCN(S(=O)(=O)Cc2ccccc2)CC1. The monoisotopic (exact) mass is 492 g/mol. The third-order valence-electron chi connectivity index (χ3n) is 5.81. The molecule has 0 aliphatic carbocycles. The molecule has 1 amide bonds. The zero-order valence-electron chi connectivity index (χ0n) is 18.4. The van der Waals surface area contributed by atoms with E-state index >= 15 is 0 Å². The van der Waals surface area contributed by atoms with Crippen molar-refractivity contribution in [1.29, 1.82) is 0 Å². The van der Waals surface area contributed by atoms with Crippen molar-refractivity contribution >= 4 is 27.3 Å². The van der Waals surface area contributed by atoms with Crippen molar-refractivity contribution in [1.82, 2.24) is 19.0 Å². The second-order valence-corrected chi connectivity index (χ2v) is 11.0. The third-order valence-corrected chi connectivity index (χ3v) is 8.56. The van der Waals surface area contributed by atoms with E-state index in [1.165, 1.54) is 4.31 Å². The van der Waals surface area contributed by atoms with Crippen molar-refractivity contribution in [3.63, 3.8) is 0 Å². The fourth-order valence-electron chi connectivity index (χ4n) is 4.05. The van der Waals surface area contributed by atoms with Gasteiger partial charge in [-0.2, -0.15) is 9.40 Å². The van der Waals surface area contributed by atoms with Crippen molar-refractivity contribution in [2.24, 2.45) is 0 Å². The van der Waals surface area contributed by atoms with Gasteiger partial charge in [0.15, 0.2) is 0 Å². The molecular weight excluding hydrogens is 468 g/mol. The van der Waals surface area contributed by atoms with Crippen molar-refractivity contribution in [2.45, 2.75) is 5.75 Å². The number of sulfonamides is 1. The van der Waals surface area contributed by atoms with Crippen LogP contribution in [-0.2, 0) is 15.8 Å². The van der Waals surface area contributed by atoms with Crippen LogP contribution in [0.15, 0.2) is 84.2 Å². The van der Waals surface area contributed by atoms with Gasteiger partial charge in [-0.05, 0) is 35.2 Å². The Labute approximate surface area is 202 Å². The van der Waals surface area contributed by atoms with Crippen molar-refractivity contribution in [3.8, 4) is 16.3 Å². The van der Waals surface area contributed by atoms with Crippen LogP contribution in [0.25, 0.3) is 16.3 Å². The van der Waals surface area contributed by atoms with Crippen LogP contribution >= 0.6 is 11.3 Å². The number of amides is 1. The van der Waals surface area contributed by atoms with Gasteiger partial charge >= 0.3 is 0 Å². The molecule has 2 aromatic carbocycles. The molecule has 34 heavy (non-hydrogen) atoms. The smallest absolute Gasteiger partial charge is 0.272 e. The molecule has 1 fully saturated rings. The number of thiophene rings is 1. The van der Waals surface area contributed by atoms with Gasteiger partial charge in [-0.3, -0.25) is 4.79 Å². The number of carbonyl (C=O) groups is 1. The minimum Gasteiger partial charge on any atom is -0.335 e. The van der Waals surface area contributed by atoms with Gasteiger partial charge in [0.05, 0.1) is 16.3 Å². The summed E-state index contributed by atoms with van der Waals surface area (Å²) < 4.78 is 28.9. The van der Waals surface area contributed by atoms with Crippen LogP contribution in [0.5, 0.6) is 0 Å². The first-order chi connectivity index (χ1) is 16.5. The predicted molar refractivity (Wildman–Crippen MR) is 133 cm³/mol. The second kappa shape index (κ2) is 9.54. The van der Waals surface area contributed by atoms with Crippen molar-refractivity contribution in [3.05, 3.63) is 95.5 Å². The molecule has 0 saturated carbocycles. The Morgan fingerprint density at radius 3 is 2.21 bits per heavy atom. The molecule has 3 heterocycles. The number of nitrogens with zero attached hydrogens (tertiary/aromatic N) is 4. The molecule has 0 bridgehead atoms. The topological polar surface area (TPSA) is 75.5 Å². The Kier molecular flexibility index (Phi) is 6.32. The zero-order valence-corrected chi connectivity index (χ0v) is 20.1. The van der Waals surface area contributed by atoms with Crippen LogP contribution in [0.4, 0.5) is 0 Å². The summed E-state index contributed by atoms with van der Waals surface area (Å²) in [7, 11) is -3.45. The summed E-state index contributed by atoms with van der Waals surface area (Å²) in [6.45, 7) is 1.22. The van der Waals surface area contributed by atoms with Gasteiger partial charge in [-0.15, -0.1) is 11.3 Å². The van der Waals surface area contributed by atoms with Crippen LogP contribution in [0.2, 0.25) is 0 Å². The van der Waals surface area contributed by atoms with Crippen molar-refractivity contribution < 1.29 is 13.2 Å². The summed E-state index contributed by atoms with van der Waals surface area (Å²) >= 11 is 1.57. The first kappa shape index (κ1) is 22.5. The Morgan fingerprint density at radius 1 is 0.882 bits per heavy atom. The number of carbonyl (C=O) groups excluding carboxylic acids is 1. The van der Waals surface area contributed by atoms with Gasteiger partial charge in [0.2, 0.25) is 10.0 Å². The van der Waals surface area contributed by atoms with Crippen LogP contribution in [0.1, 0.15) is 16.1 Å². The highest BCUT2D eigenvalue weighted by molar-refractivity contribution is 7.88. The van der Waals surface area contributed by atoms with E-state index < -0.39 is 10.0 Å². The summed E-state index contributed by atoms with van der Waals surface area (Å²) in [5.74, 6) is -0.188. The first-order valence-electron chi connectivity index (χ1n) is 11.0. The molecule has 4 aromatic rings. The molecule has 174 valence electrons. The van der Waals surface area contributed by atoms with E-state index in [0.29, 0.717) is 18.8 Å². The lowest BCUT2D eigenvalue weighted by atomic mass is 10.2. The van der Waals surface area contributed by atoms with E-state index in [2.05, 4.69) is 0 Å². The highest BCUT2D eigenvalue weighted by Crippen LogP contribution is 2.27. The van der Waals surface area contributed by atoms with Crippen LogP contribution in [0, 0.1) is 0 Å². The maximum atomic E-state index is 13.5. The van der Waals surface area contributed by atoms with Gasteiger partial charge < -0.3 is 4.90 Å². The van der Waals surface area contributed by atoms with E-state index in [9.17, 15) is 13.2 Å². The summed E-state index contributed by atoms with van der Waals surface area (Å²) in [5, 5.41) is 6.69. The minimum atomic E-state index is -3.45. The Bertz CT molecular complexity index is 1360. The fraction of sp³-hybridized carbons (Fsp3) is 0.200. The molecule has 2 aromatic heterocycles. The molecule has 1 saturated heterocycles. The molecule has 9 heteroatoms. The van der Waals surface area contributed by atoms with Crippen LogP contribution in [-0.4, -0.2) is 59.5 Å². The quantitative estimate of drug-likeness (QED) is 0.409. The maximum absolute atomic E-state index is 13.5. The summed E-state index contributed by atoms with van der Waals surface area (Å²) in [6, 6.07) is 24.5. The molecular formula is C25H24N4O3S2. The number of aromatic nitrogens is 2. The number of hydrogen-bond acceptors (Lipinski definition) is 5. The molecule has 1 aliphatic rings. The molecule has 0 N–H and O–H groups in total. The van der Waals surface area contributed by atoms with Gasteiger partial charge in [-0.1, -0.05) is 54.6 Å². The molecule has 0 spiro atoms. The highest BCUT2D eigenvalue weighted by atomic mass is 32.2. The van der Waals surface area contributed by atoms with E-state index in [1.807, 2.05) is 84.2 Å². The summed E-state index contributed by atoms with van der Waals surface area (Å²) in [6.07, 6.45) is 0. The Morgan fingerprint density at radius 2 is 1.56 bits per heavy atom. The molecule has 1 aliphatic heterocycles. The largest absolute Gasteiger partial charge is 0.335 e. The van der Waals surface area contributed by atoms with Gasteiger partial charge in [0.1, 0.15) is 11.4 Å². The van der Waals surface area contributed by atoms with Crippen LogP contribution < -0.4 is 0 Å². The molecule has 5 rings (SSSR count). The molecule has 7 nitrogen and oxygen atoms in total. The standard InChI is InChI=1S/C25H24N4O3S2/c30-25(27-13-15-28(16-14-27)34(31,32)19-20-8-3-1-4-9-20)23-18-22(24-12-7-17-33-24)26-29(23)21-10-5-2-6-11-21/h1-12,17-18H,13-16,19H2. The zero-order chi connectivity index (χ0) is 23.5. The van der Waals surface area contributed by atoms with Gasteiger partial charge in [0.25, 0.3) is 5.91 Å². The highest BCUT2D eigenvalue weighted by Gasteiger charge is 2.31. The van der Waals surface area contributed by atoms with Crippen LogP contribution in [0.3, 0.4) is 0 Å². The van der Waals surface area contributed by atoms with Crippen molar-refractivity contribution in [2.75, 3.05) is 26.2 Å². The van der Waals surface area contributed by atoms with Gasteiger partial charge in [-0.25, -0.2) is 13.1 Å². The summed E-state index contributed by atoms with van der Waals surface area (Å²) in [5.41, 5.74) is 2.77. The third kappa shape index (κ3) is 4.68. The minimum absolute atomic E-state index is 0.0350. The van der Waals surface area contributed by atoms with E-state index in [1.54, 1.807) is 20.9 Å². The van der Waals surface area contributed by atoms with Gasteiger partial charge in [0, 0.05) is 26.2 Å². The Hall–Kier alpha value is -3.27. The number of rotatable bonds is 6. The first-order valence-corrected chi connectivity index (χ1v) is 13.5. The average molecular weight is 493 g/mol. The normalized spacial score (nSPS) is 14.9. The number of para-hydroxylation sites is 1. The number of hydrogen-bond donors (Lipinski definition) is 0. The van der Waals surface area contributed by atoms with E-state index in [0.717, 1.165) is 21.8 Å². The second-order valence-electron chi connectivity index (χ2n) is 8.07. The maximum Gasteiger partial charge on any atom is 0.272 e. The van der Waals surface area contributed by atoms with E-state index in [-0.39, 0.29) is 24.7 Å². The number of piperazine rings is 1. The lowest BCUT2D eigenvalue weighted by Crippen LogP contribution is -2.51. The summed E-state index contributed by atoms with van der Waals surface area (Å²) in [4.78, 5) is 16.2. The lowest BCUT2D eigenvalue weighted by molar-refractivity contribution is 0.0688. The molecule has 0 radical (unpaired) electrons. The Balaban J connectivity index is 1.35. The fourth-order valence-corrected chi connectivity index (χ4v) is 6.25. The average Bonchev–Trinajstić information content (AvgIpc) is 3.55. The number of benzene rings is 2. The van der Waals surface area contributed by atoms with E-state index in [4.69, 9.17) is 5.10 Å². The molecule has 0 unspecified atom stereocenters. The lowest BCUT2D eigenvalue weighted by Gasteiger charge is -2.34. The molecule has 0 atom stereocenters.